The van der Waals surface area contributed by atoms with Gasteiger partial charge in [0, 0.05) is 31.3 Å². The predicted octanol–water partition coefficient (Wildman–Crippen LogP) is 1.13. The zero-order chi connectivity index (χ0) is 20.3. The summed E-state index contributed by atoms with van der Waals surface area (Å²) in [7, 11) is -3.72. The third-order valence-electron chi connectivity index (χ3n) is 4.74. The van der Waals surface area contributed by atoms with Crippen molar-refractivity contribution in [2.45, 2.75) is 30.4 Å². The van der Waals surface area contributed by atoms with E-state index in [0.717, 1.165) is 11.4 Å². The fourth-order valence-corrected chi connectivity index (χ4v) is 4.73. The first kappa shape index (κ1) is 19.2. The fourth-order valence-electron chi connectivity index (χ4n) is 3.31. The summed E-state index contributed by atoms with van der Waals surface area (Å²) >= 11 is 0. The summed E-state index contributed by atoms with van der Waals surface area (Å²) < 4.78 is 29.1. The number of pyridine rings is 2. The summed E-state index contributed by atoms with van der Waals surface area (Å²) in [6, 6.07) is 9.96. The SMILES string of the molecule is O=C(C[C@@H]1CN(S(=O)(=O)c2cccnc2)Cc2ccnn21)NCc1ccccn1. The topological polar surface area (TPSA) is 110 Å². The van der Waals surface area contributed by atoms with Crippen LogP contribution in [-0.2, 0) is 27.9 Å². The van der Waals surface area contributed by atoms with Gasteiger partial charge in [0.1, 0.15) is 4.90 Å². The summed E-state index contributed by atoms with van der Waals surface area (Å²) in [6.07, 6.45) is 6.25. The molecule has 0 aliphatic carbocycles. The molecule has 0 unspecified atom stereocenters. The van der Waals surface area contributed by atoms with Gasteiger partial charge in [-0.15, -0.1) is 0 Å². The van der Waals surface area contributed by atoms with Crippen LogP contribution in [0.3, 0.4) is 0 Å². The van der Waals surface area contributed by atoms with Gasteiger partial charge in [0.2, 0.25) is 15.9 Å². The van der Waals surface area contributed by atoms with Gasteiger partial charge < -0.3 is 5.32 Å². The molecule has 0 spiro atoms. The lowest BCUT2D eigenvalue weighted by Crippen LogP contribution is -2.42. The van der Waals surface area contributed by atoms with E-state index >= 15 is 0 Å². The largest absolute Gasteiger partial charge is 0.350 e. The number of aromatic nitrogens is 4. The standard InChI is InChI=1S/C19H20N6O3S/c26-19(22-11-15-4-1-2-8-21-15)10-17-14-24(13-16-6-9-23-25(16)17)29(27,28)18-5-3-7-20-12-18/h1-9,12,17H,10-11,13-14H2,(H,22,26)/t17-/m1/s1. The average Bonchev–Trinajstić information content (AvgIpc) is 3.23. The highest BCUT2D eigenvalue weighted by Gasteiger charge is 2.34. The number of carbonyl (C=O) groups excluding carboxylic acids is 1. The Labute approximate surface area is 168 Å². The second-order valence-corrected chi connectivity index (χ2v) is 8.65. The van der Waals surface area contributed by atoms with Gasteiger partial charge in [0.25, 0.3) is 0 Å². The van der Waals surface area contributed by atoms with Crippen LogP contribution in [0.5, 0.6) is 0 Å². The molecule has 9 nitrogen and oxygen atoms in total. The smallest absolute Gasteiger partial charge is 0.245 e. The minimum Gasteiger partial charge on any atom is -0.350 e. The van der Waals surface area contributed by atoms with Crippen molar-refractivity contribution in [1.29, 1.82) is 0 Å². The van der Waals surface area contributed by atoms with Crippen LogP contribution in [0.4, 0.5) is 0 Å². The third kappa shape index (κ3) is 4.17. The van der Waals surface area contributed by atoms with Crippen LogP contribution in [0.15, 0.2) is 66.1 Å². The quantitative estimate of drug-likeness (QED) is 0.650. The Balaban J connectivity index is 1.49. The Hall–Kier alpha value is -3.11. The summed E-state index contributed by atoms with van der Waals surface area (Å²) in [6.45, 7) is 0.669. The van der Waals surface area contributed by atoms with Gasteiger partial charge in [-0.05, 0) is 30.3 Å². The van der Waals surface area contributed by atoms with Crippen molar-refractivity contribution in [2.75, 3.05) is 6.54 Å². The highest BCUT2D eigenvalue weighted by atomic mass is 32.2. The van der Waals surface area contributed by atoms with Crippen LogP contribution in [0, 0.1) is 0 Å². The van der Waals surface area contributed by atoms with Gasteiger partial charge >= 0.3 is 0 Å². The van der Waals surface area contributed by atoms with E-state index in [1.807, 2.05) is 18.2 Å². The molecule has 0 bridgehead atoms. The normalized spacial score (nSPS) is 16.9. The molecule has 0 aromatic carbocycles. The first-order valence-corrected chi connectivity index (χ1v) is 10.6. The lowest BCUT2D eigenvalue weighted by molar-refractivity contribution is -0.122. The lowest BCUT2D eigenvalue weighted by Gasteiger charge is -2.32. The number of nitrogens with zero attached hydrogens (tertiary/aromatic N) is 5. The fraction of sp³-hybridized carbons (Fsp3) is 0.263. The molecule has 0 saturated heterocycles. The molecule has 4 heterocycles. The van der Waals surface area contributed by atoms with Gasteiger partial charge in [-0.25, -0.2) is 8.42 Å². The first-order valence-electron chi connectivity index (χ1n) is 9.13. The monoisotopic (exact) mass is 412 g/mol. The average molecular weight is 412 g/mol. The van der Waals surface area contributed by atoms with Crippen molar-refractivity contribution < 1.29 is 13.2 Å². The molecule has 0 radical (unpaired) electrons. The molecule has 1 aliphatic rings. The minimum atomic E-state index is -3.72. The Bertz CT molecular complexity index is 1090. The Morgan fingerprint density at radius 1 is 1.14 bits per heavy atom. The van der Waals surface area contributed by atoms with Crippen LogP contribution < -0.4 is 5.32 Å². The van der Waals surface area contributed by atoms with E-state index in [2.05, 4.69) is 20.4 Å². The molecule has 3 aromatic heterocycles. The maximum Gasteiger partial charge on any atom is 0.245 e. The van der Waals surface area contributed by atoms with Crippen molar-refractivity contribution >= 4 is 15.9 Å². The number of sulfonamides is 1. The van der Waals surface area contributed by atoms with Crippen LogP contribution in [-0.4, -0.2) is 44.9 Å². The zero-order valence-corrected chi connectivity index (χ0v) is 16.4. The molecule has 29 heavy (non-hydrogen) atoms. The molecule has 1 atom stereocenters. The van der Waals surface area contributed by atoms with E-state index in [9.17, 15) is 13.2 Å². The van der Waals surface area contributed by atoms with Gasteiger partial charge in [-0.2, -0.15) is 9.40 Å². The van der Waals surface area contributed by atoms with Crippen LogP contribution in [0.1, 0.15) is 23.9 Å². The Morgan fingerprint density at radius 3 is 2.79 bits per heavy atom. The Morgan fingerprint density at radius 2 is 2.03 bits per heavy atom. The van der Waals surface area contributed by atoms with E-state index in [0.29, 0.717) is 6.54 Å². The van der Waals surface area contributed by atoms with E-state index in [1.54, 1.807) is 29.2 Å². The van der Waals surface area contributed by atoms with Gasteiger partial charge in [0.05, 0.1) is 36.9 Å². The van der Waals surface area contributed by atoms with E-state index in [4.69, 9.17) is 0 Å². The zero-order valence-electron chi connectivity index (χ0n) is 15.5. The maximum atomic E-state index is 13.0. The van der Waals surface area contributed by atoms with Gasteiger partial charge in [-0.3, -0.25) is 19.4 Å². The van der Waals surface area contributed by atoms with E-state index in [1.165, 1.54) is 22.8 Å². The van der Waals surface area contributed by atoms with Crippen LogP contribution >= 0.6 is 0 Å². The maximum absolute atomic E-state index is 13.0. The molecule has 0 fully saturated rings. The Kier molecular flexibility index (Phi) is 5.36. The molecule has 10 heteroatoms. The second kappa shape index (κ2) is 8.10. The highest BCUT2D eigenvalue weighted by molar-refractivity contribution is 7.89. The summed E-state index contributed by atoms with van der Waals surface area (Å²) in [5, 5.41) is 7.12. The van der Waals surface area contributed by atoms with Crippen LogP contribution in [0.25, 0.3) is 0 Å². The van der Waals surface area contributed by atoms with Crippen molar-refractivity contribution in [2.24, 2.45) is 0 Å². The van der Waals surface area contributed by atoms with Crippen molar-refractivity contribution in [3.63, 3.8) is 0 Å². The molecular formula is C19H20N6O3S. The van der Waals surface area contributed by atoms with Crippen molar-refractivity contribution in [3.05, 3.63) is 72.6 Å². The van der Waals surface area contributed by atoms with Gasteiger partial charge in [0.15, 0.2) is 0 Å². The molecule has 3 aromatic rings. The molecule has 1 N–H and O–H groups in total. The number of hydrogen-bond acceptors (Lipinski definition) is 6. The molecule has 1 amide bonds. The van der Waals surface area contributed by atoms with Crippen LogP contribution in [0.2, 0.25) is 0 Å². The third-order valence-corrected chi connectivity index (χ3v) is 6.53. The number of carbonyl (C=O) groups is 1. The molecule has 0 saturated carbocycles. The number of nitrogens with one attached hydrogen (secondary N) is 1. The van der Waals surface area contributed by atoms with E-state index in [-0.39, 0.29) is 30.3 Å². The number of hydrogen-bond donors (Lipinski definition) is 1. The second-order valence-electron chi connectivity index (χ2n) is 6.71. The lowest BCUT2D eigenvalue weighted by atomic mass is 10.1. The molecule has 150 valence electrons. The summed E-state index contributed by atoms with van der Waals surface area (Å²) in [5.74, 6) is -0.192. The minimum absolute atomic E-state index is 0.112. The number of rotatable bonds is 6. The summed E-state index contributed by atoms with van der Waals surface area (Å²) in [4.78, 5) is 20.7. The predicted molar refractivity (Wildman–Crippen MR) is 104 cm³/mol. The number of fused-ring (bicyclic) bond motifs is 1. The highest BCUT2D eigenvalue weighted by Crippen LogP contribution is 2.27. The molecule has 4 rings (SSSR count). The van der Waals surface area contributed by atoms with E-state index < -0.39 is 16.1 Å². The van der Waals surface area contributed by atoms with Crippen molar-refractivity contribution in [3.8, 4) is 0 Å². The molecular weight excluding hydrogens is 392 g/mol. The first-order chi connectivity index (χ1) is 14.0. The number of amides is 1. The van der Waals surface area contributed by atoms with Gasteiger partial charge in [-0.1, -0.05) is 6.07 Å². The molecule has 1 aliphatic heterocycles. The summed E-state index contributed by atoms with van der Waals surface area (Å²) in [5.41, 5.74) is 1.50. The van der Waals surface area contributed by atoms with Crippen molar-refractivity contribution in [1.82, 2.24) is 29.4 Å².